The first kappa shape index (κ1) is 13.3. The third-order valence-corrected chi connectivity index (χ3v) is 3.49. The third kappa shape index (κ3) is 5.04. The number of piperidine rings is 1. The Bertz CT molecular complexity index is 297. The molecule has 1 heterocycles. The molecule has 2 rings (SSSR count). The van der Waals surface area contributed by atoms with Crippen molar-refractivity contribution in [2.75, 3.05) is 19.6 Å². The number of carbonyl (C=O) groups excluding carboxylic acids is 2. The van der Waals surface area contributed by atoms with E-state index in [-0.39, 0.29) is 11.8 Å². The van der Waals surface area contributed by atoms with Gasteiger partial charge in [0.25, 0.3) is 0 Å². The Morgan fingerprint density at radius 2 is 2.00 bits per heavy atom. The van der Waals surface area contributed by atoms with Crippen LogP contribution >= 0.6 is 0 Å². The van der Waals surface area contributed by atoms with E-state index < -0.39 is 0 Å². The SMILES string of the molecule is O=C(CC1CCCNC1)NCCC(=O)NC1CC1. The van der Waals surface area contributed by atoms with E-state index >= 15 is 0 Å². The van der Waals surface area contributed by atoms with Gasteiger partial charge in [-0.1, -0.05) is 0 Å². The average molecular weight is 253 g/mol. The molecular weight excluding hydrogens is 230 g/mol. The van der Waals surface area contributed by atoms with Crippen molar-refractivity contribution in [1.29, 1.82) is 0 Å². The first-order chi connectivity index (χ1) is 8.74. The van der Waals surface area contributed by atoms with E-state index in [4.69, 9.17) is 0 Å². The van der Waals surface area contributed by atoms with Gasteiger partial charge in [0, 0.05) is 25.4 Å². The van der Waals surface area contributed by atoms with E-state index in [2.05, 4.69) is 16.0 Å². The normalized spacial score (nSPS) is 23.4. The highest BCUT2D eigenvalue weighted by Gasteiger charge is 2.23. The highest BCUT2D eigenvalue weighted by molar-refractivity contribution is 5.79. The molecule has 5 nitrogen and oxygen atoms in total. The zero-order valence-corrected chi connectivity index (χ0v) is 10.8. The molecular formula is C13H23N3O2. The lowest BCUT2D eigenvalue weighted by atomic mass is 9.96. The molecule has 0 bridgehead atoms. The minimum atomic E-state index is 0.0529. The van der Waals surface area contributed by atoms with E-state index in [0.717, 1.165) is 38.8 Å². The van der Waals surface area contributed by atoms with Gasteiger partial charge >= 0.3 is 0 Å². The van der Waals surface area contributed by atoms with Gasteiger partial charge < -0.3 is 16.0 Å². The van der Waals surface area contributed by atoms with Crippen molar-refractivity contribution in [2.45, 2.75) is 44.6 Å². The standard InChI is InChI=1S/C13H23N3O2/c17-12(16-11-3-4-11)5-7-15-13(18)8-10-2-1-6-14-9-10/h10-11,14H,1-9H2,(H,15,18)(H,16,17). The molecule has 2 aliphatic rings. The summed E-state index contributed by atoms with van der Waals surface area (Å²) in [4.78, 5) is 23.0. The topological polar surface area (TPSA) is 70.2 Å². The lowest BCUT2D eigenvalue weighted by molar-refractivity contribution is -0.123. The van der Waals surface area contributed by atoms with Crippen LogP contribution in [0.15, 0.2) is 0 Å². The summed E-state index contributed by atoms with van der Waals surface area (Å²) >= 11 is 0. The van der Waals surface area contributed by atoms with Gasteiger partial charge in [-0.25, -0.2) is 0 Å². The minimum Gasteiger partial charge on any atom is -0.356 e. The van der Waals surface area contributed by atoms with E-state index in [1.807, 2.05) is 0 Å². The fourth-order valence-electron chi connectivity index (χ4n) is 2.28. The second kappa shape index (κ2) is 6.73. The molecule has 1 atom stereocenters. The van der Waals surface area contributed by atoms with Crippen molar-refractivity contribution in [1.82, 2.24) is 16.0 Å². The maximum Gasteiger partial charge on any atom is 0.221 e. The van der Waals surface area contributed by atoms with Crippen LogP contribution in [0.3, 0.4) is 0 Å². The lowest BCUT2D eigenvalue weighted by Crippen LogP contribution is -2.35. The van der Waals surface area contributed by atoms with Crippen molar-refractivity contribution < 1.29 is 9.59 Å². The van der Waals surface area contributed by atoms with Crippen LogP contribution in [0.1, 0.15) is 38.5 Å². The Morgan fingerprint density at radius 3 is 2.67 bits per heavy atom. The van der Waals surface area contributed by atoms with Gasteiger partial charge in [0.05, 0.1) is 0 Å². The van der Waals surface area contributed by atoms with Gasteiger partial charge in [-0.15, -0.1) is 0 Å². The molecule has 1 unspecified atom stereocenters. The predicted octanol–water partition coefficient (Wildman–Crippen LogP) is 0.161. The summed E-state index contributed by atoms with van der Waals surface area (Å²) < 4.78 is 0. The van der Waals surface area contributed by atoms with Crippen LogP contribution in [0.2, 0.25) is 0 Å². The van der Waals surface area contributed by atoms with Gasteiger partial charge in [0.1, 0.15) is 0 Å². The van der Waals surface area contributed by atoms with Gasteiger partial charge in [0.15, 0.2) is 0 Å². The van der Waals surface area contributed by atoms with Crippen molar-refractivity contribution in [3.8, 4) is 0 Å². The lowest BCUT2D eigenvalue weighted by Gasteiger charge is -2.22. The van der Waals surface area contributed by atoms with E-state index in [1.54, 1.807) is 0 Å². The highest BCUT2D eigenvalue weighted by atomic mass is 16.2. The average Bonchev–Trinajstić information content (AvgIpc) is 3.14. The zero-order valence-electron chi connectivity index (χ0n) is 10.8. The first-order valence-electron chi connectivity index (χ1n) is 7.01. The predicted molar refractivity (Wildman–Crippen MR) is 69.0 cm³/mol. The summed E-state index contributed by atoms with van der Waals surface area (Å²) in [6.45, 7) is 2.46. The molecule has 0 aromatic heterocycles. The number of amides is 2. The van der Waals surface area contributed by atoms with Crippen LogP contribution in [0.5, 0.6) is 0 Å². The maximum absolute atomic E-state index is 11.7. The Hall–Kier alpha value is -1.10. The van der Waals surface area contributed by atoms with Gasteiger partial charge in [-0.05, 0) is 44.7 Å². The molecule has 1 aliphatic heterocycles. The fourth-order valence-corrected chi connectivity index (χ4v) is 2.28. The van der Waals surface area contributed by atoms with Crippen molar-refractivity contribution in [3.05, 3.63) is 0 Å². The molecule has 0 aromatic carbocycles. The second-order valence-corrected chi connectivity index (χ2v) is 5.36. The van der Waals surface area contributed by atoms with Gasteiger partial charge in [-0.3, -0.25) is 9.59 Å². The van der Waals surface area contributed by atoms with E-state index in [0.29, 0.717) is 31.3 Å². The molecule has 1 saturated heterocycles. The molecule has 0 radical (unpaired) electrons. The number of carbonyl (C=O) groups is 2. The summed E-state index contributed by atoms with van der Waals surface area (Å²) in [6.07, 6.45) is 5.46. The third-order valence-electron chi connectivity index (χ3n) is 3.49. The van der Waals surface area contributed by atoms with E-state index in [1.165, 1.54) is 0 Å². The summed E-state index contributed by atoms with van der Waals surface area (Å²) in [7, 11) is 0. The summed E-state index contributed by atoms with van der Waals surface area (Å²) in [6, 6.07) is 0.404. The van der Waals surface area contributed by atoms with Crippen molar-refractivity contribution >= 4 is 11.8 Å². The first-order valence-corrected chi connectivity index (χ1v) is 7.01. The largest absolute Gasteiger partial charge is 0.356 e. The van der Waals surface area contributed by atoms with Crippen LogP contribution in [0, 0.1) is 5.92 Å². The molecule has 2 fully saturated rings. The molecule has 1 aliphatic carbocycles. The fraction of sp³-hybridized carbons (Fsp3) is 0.846. The monoisotopic (exact) mass is 253 g/mol. The molecule has 102 valence electrons. The summed E-state index contributed by atoms with van der Waals surface area (Å²) in [5, 5.41) is 9.03. The Kier molecular flexibility index (Phi) is 4.99. The van der Waals surface area contributed by atoms with Crippen LogP contribution in [-0.4, -0.2) is 37.5 Å². The molecule has 3 N–H and O–H groups in total. The Balaban J connectivity index is 1.52. The zero-order chi connectivity index (χ0) is 12.8. The minimum absolute atomic E-state index is 0.0529. The second-order valence-electron chi connectivity index (χ2n) is 5.36. The number of hydrogen-bond acceptors (Lipinski definition) is 3. The Morgan fingerprint density at radius 1 is 1.17 bits per heavy atom. The maximum atomic E-state index is 11.7. The summed E-state index contributed by atoms with van der Waals surface area (Å²) in [5.41, 5.74) is 0. The highest BCUT2D eigenvalue weighted by Crippen LogP contribution is 2.18. The van der Waals surface area contributed by atoms with Crippen LogP contribution in [0.4, 0.5) is 0 Å². The van der Waals surface area contributed by atoms with Crippen molar-refractivity contribution in [3.63, 3.8) is 0 Å². The van der Waals surface area contributed by atoms with Gasteiger partial charge in [0.2, 0.25) is 11.8 Å². The van der Waals surface area contributed by atoms with Crippen LogP contribution in [-0.2, 0) is 9.59 Å². The molecule has 1 saturated carbocycles. The number of rotatable bonds is 6. The quantitative estimate of drug-likeness (QED) is 0.631. The molecule has 18 heavy (non-hydrogen) atoms. The number of hydrogen-bond donors (Lipinski definition) is 3. The van der Waals surface area contributed by atoms with Crippen LogP contribution in [0.25, 0.3) is 0 Å². The smallest absolute Gasteiger partial charge is 0.221 e. The number of nitrogens with one attached hydrogen (secondary N) is 3. The Labute approximate surface area is 108 Å². The van der Waals surface area contributed by atoms with E-state index in [9.17, 15) is 9.59 Å². The van der Waals surface area contributed by atoms with Gasteiger partial charge in [-0.2, -0.15) is 0 Å². The molecule has 2 amide bonds. The molecule has 5 heteroatoms. The molecule has 0 spiro atoms. The molecule has 0 aromatic rings. The van der Waals surface area contributed by atoms with Crippen LogP contribution < -0.4 is 16.0 Å². The van der Waals surface area contributed by atoms with Crippen molar-refractivity contribution in [2.24, 2.45) is 5.92 Å². The summed E-state index contributed by atoms with van der Waals surface area (Å²) in [5.74, 6) is 0.582.